The number of benzene rings is 1. The van der Waals surface area contributed by atoms with E-state index in [0.717, 1.165) is 0 Å². The zero-order valence-corrected chi connectivity index (χ0v) is 8.60. The molecular formula is C12H12N2O2. The number of phenols is 1. The molecule has 1 aromatic heterocycles. The summed E-state index contributed by atoms with van der Waals surface area (Å²) in [6.45, 7) is 0.205. The zero-order chi connectivity index (χ0) is 11.5. The molecule has 4 nitrogen and oxygen atoms in total. The summed E-state index contributed by atoms with van der Waals surface area (Å²) >= 11 is 0. The molecule has 4 heteroatoms. The lowest BCUT2D eigenvalue weighted by Crippen LogP contribution is -2.15. The molecule has 0 saturated carbocycles. The predicted octanol–water partition coefficient (Wildman–Crippen LogP) is 1.21. The molecule has 0 bridgehead atoms. The Bertz CT molecular complexity index is 561. The van der Waals surface area contributed by atoms with Crippen molar-refractivity contribution in [1.82, 2.24) is 4.98 Å². The van der Waals surface area contributed by atoms with Gasteiger partial charge in [0.25, 0.3) is 5.56 Å². The molecule has 4 N–H and O–H groups in total. The average molecular weight is 216 g/mol. The van der Waals surface area contributed by atoms with Crippen LogP contribution in [0.1, 0.15) is 5.56 Å². The van der Waals surface area contributed by atoms with E-state index in [0.29, 0.717) is 16.8 Å². The van der Waals surface area contributed by atoms with Crippen LogP contribution in [0.25, 0.3) is 11.3 Å². The van der Waals surface area contributed by atoms with Crippen molar-refractivity contribution >= 4 is 0 Å². The number of H-pyrrole nitrogens is 1. The Hall–Kier alpha value is -2.07. The largest absolute Gasteiger partial charge is 0.507 e. The molecule has 0 saturated heterocycles. The van der Waals surface area contributed by atoms with E-state index >= 15 is 0 Å². The van der Waals surface area contributed by atoms with Crippen molar-refractivity contribution in [1.29, 1.82) is 0 Å². The van der Waals surface area contributed by atoms with Crippen molar-refractivity contribution in [3.05, 3.63) is 52.3 Å². The fraction of sp³-hybridized carbons (Fsp3) is 0.0833. The van der Waals surface area contributed by atoms with Crippen LogP contribution in [0.3, 0.4) is 0 Å². The Morgan fingerprint density at radius 2 is 1.94 bits per heavy atom. The second-order valence-corrected chi connectivity index (χ2v) is 3.45. The minimum Gasteiger partial charge on any atom is -0.507 e. The van der Waals surface area contributed by atoms with Crippen LogP contribution in [0.2, 0.25) is 0 Å². The minimum atomic E-state index is -0.219. The molecule has 0 spiro atoms. The number of nitrogens with one attached hydrogen (secondary N) is 1. The normalized spacial score (nSPS) is 10.3. The van der Waals surface area contributed by atoms with Gasteiger partial charge in [0.2, 0.25) is 0 Å². The Labute approximate surface area is 92.4 Å². The van der Waals surface area contributed by atoms with Crippen molar-refractivity contribution in [2.24, 2.45) is 5.73 Å². The van der Waals surface area contributed by atoms with Crippen molar-refractivity contribution in [2.45, 2.75) is 6.54 Å². The smallest absolute Gasteiger partial charge is 0.252 e. The fourth-order valence-electron chi connectivity index (χ4n) is 1.52. The van der Waals surface area contributed by atoms with Crippen molar-refractivity contribution < 1.29 is 5.11 Å². The first-order valence-corrected chi connectivity index (χ1v) is 4.93. The van der Waals surface area contributed by atoms with Crippen LogP contribution in [-0.2, 0) is 6.54 Å². The van der Waals surface area contributed by atoms with Gasteiger partial charge in [-0.2, -0.15) is 0 Å². The third-order valence-corrected chi connectivity index (χ3v) is 2.41. The summed E-state index contributed by atoms with van der Waals surface area (Å²) in [5.41, 5.74) is 6.89. The highest BCUT2D eigenvalue weighted by Crippen LogP contribution is 2.25. The number of pyridine rings is 1. The van der Waals surface area contributed by atoms with Crippen LogP contribution >= 0.6 is 0 Å². The van der Waals surface area contributed by atoms with Gasteiger partial charge in [-0.15, -0.1) is 0 Å². The first kappa shape index (κ1) is 10.4. The number of rotatable bonds is 2. The first-order valence-electron chi connectivity index (χ1n) is 4.93. The van der Waals surface area contributed by atoms with Crippen LogP contribution in [-0.4, -0.2) is 10.1 Å². The highest BCUT2D eigenvalue weighted by Gasteiger charge is 2.05. The minimum absolute atomic E-state index is 0.138. The third-order valence-electron chi connectivity index (χ3n) is 2.41. The molecule has 1 heterocycles. The Morgan fingerprint density at radius 1 is 1.19 bits per heavy atom. The van der Waals surface area contributed by atoms with Gasteiger partial charge < -0.3 is 15.8 Å². The van der Waals surface area contributed by atoms with Gasteiger partial charge in [0.05, 0.1) is 5.69 Å². The van der Waals surface area contributed by atoms with Crippen LogP contribution in [0.15, 0.2) is 41.2 Å². The number of aromatic amines is 1. The van der Waals surface area contributed by atoms with Gasteiger partial charge in [0, 0.05) is 17.7 Å². The second kappa shape index (κ2) is 4.20. The first-order chi connectivity index (χ1) is 7.72. The summed E-state index contributed by atoms with van der Waals surface area (Å²) in [5.74, 6) is 0.138. The summed E-state index contributed by atoms with van der Waals surface area (Å²) in [4.78, 5) is 14.2. The van der Waals surface area contributed by atoms with E-state index in [1.165, 1.54) is 0 Å². The number of nitrogens with two attached hydrogens (primary N) is 1. The van der Waals surface area contributed by atoms with Crippen LogP contribution in [0.4, 0.5) is 0 Å². The summed E-state index contributed by atoms with van der Waals surface area (Å²) < 4.78 is 0. The lowest BCUT2D eigenvalue weighted by atomic mass is 10.1. The molecule has 0 radical (unpaired) electrons. The molecule has 2 aromatic rings. The third kappa shape index (κ3) is 1.83. The predicted molar refractivity (Wildman–Crippen MR) is 62.1 cm³/mol. The number of hydrogen-bond donors (Lipinski definition) is 3. The van der Waals surface area contributed by atoms with Crippen molar-refractivity contribution in [2.75, 3.05) is 0 Å². The van der Waals surface area contributed by atoms with Gasteiger partial charge in [-0.05, 0) is 18.2 Å². The Kier molecular flexibility index (Phi) is 2.74. The highest BCUT2D eigenvalue weighted by molar-refractivity contribution is 5.66. The maximum Gasteiger partial charge on any atom is 0.252 e. The molecule has 2 rings (SSSR count). The summed E-state index contributed by atoms with van der Waals surface area (Å²) in [6, 6.07) is 10.2. The van der Waals surface area contributed by atoms with E-state index in [4.69, 9.17) is 5.73 Å². The zero-order valence-electron chi connectivity index (χ0n) is 8.60. The SMILES string of the molecule is NCc1ccc(-c2ccccc2O)[nH]c1=O. The summed E-state index contributed by atoms with van der Waals surface area (Å²) in [7, 11) is 0. The molecule has 0 aliphatic heterocycles. The maximum atomic E-state index is 11.5. The topological polar surface area (TPSA) is 79.1 Å². The fourth-order valence-corrected chi connectivity index (χ4v) is 1.52. The Morgan fingerprint density at radius 3 is 2.56 bits per heavy atom. The van der Waals surface area contributed by atoms with E-state index in [1.807, 2.05) is 0 Å². The number of phenolic OH excluding ortho intramolecular Hbond substituents is 1. The van der Waals surface area contributed by atoms with E-state index < -0.39 is 0 Å². The van der Waals surface area contributed by atoms with Gasteiger partial charge in [0.1, 0.15) is 5.75 Å². The molecule has 82 valence electrons. The molecule has 0 aliphatic carbocycles. The van der Waals surface area contributed by atoms with Crippen LogP contribution < -0.4 is 11.3 Å². The van der Waals surface area contributed by atoms with Crippen LogP contribution in [0, 0.1) is 0 Å². The van der Waals surface area contributed by atoms with E-state index in [1.54, 1.807) is 36.4 Å². The molecule has 0 atom stereocenters. The van der Waals surface area contributed by atoms with E-state index in [9.17, 15) is 9.90 Å². The van der Waals surface area contributed by atoms with Gasteiger partial charge in [-0.25, -0.2) is 0 Å². The number of aromatic hydroxyl groups is 1. The molecule has 0 unspecified atom stereocenters. The number of hydrogen-bond acceptors (Lipinski definition) is 3. The molecule has 0 aliphatic rings. The molecule has 1 aromatic carbocycles. The molecule has 16 heavy (non-hydrogen) atoms. The highest BCUT2D eigenvalue weighted by atomic mass is 16.3. The molecular weight excluding hydrogens is 204 g/mol. The van der Waals surface area contributed by atoms with E-state index in [-0.39, 0.29) is 17.9 Å². The summed E-state index contributed by atoms with van der Waals surface area (Å²) in [6.07, 6.45) is 0. The van der Waals surface area contributed by atoms with Crippen LogP contribution in [0.5, 0.6) is 5.75 Å². The second-order valence-electron chi connectivity index (χ2n) is 3.45. The quantitative estimate of drug-likeness (QED) is 0.705. The standard InChI is InChI=1S/C12H12N2O2/c13-7-8-5-6-10(14-12(8)16)9-3-1-2-4-11(9)15/h1-6,15H,7,13H2,(H,14,16). The van der Waals surface area contributed by atoms with Gasteiger partial charge in [-0.3, -0.25) is 4.79 Å². The van der Waals surface area contributed by atoms with E-state index in [2.05, 4.69) is 4.98 Å². The Balaban J connectivity index is 2.54. The maximum absolute atomic E-state index is 11.5. The van der Waals surface area contributed by atoms with Crippen molar-refractivity contribution in [3.63, 3.8) is 0 Å². The molecule has 0 amide bonds. The van der Waals surface area contributed by atoms with Crippen molar-refractivity contribution in [3.8, 4) is 17.0 Å². The lowest BCUT2D eigenvalue weighted by Gasteiger charge is -2.04. The monoisotopic (exact) mass is 216 g/mol. The van der Waals surface area contributed by atoms with Gasteiger partial charge in [-0.1, -0.05) is 18.2 Å². The van der Waals surface area contributed by atoms with Gasteiger partial charge in [0.15, 0.2) is 0 Å². The number of para-hydroxylation sites is 1. The molecule has 0 fully saturated rings. The average Bonchev–Trinajstić information content (AvgIpc) is 2.29. The number of aromatic nitrogens is 1. The van der Waals surface area contributed by atoms with Gasteiger partial charge >= 0.3 is 0 Å². The summed E-state index contributed by atoms with van der Waals surface area (Å²) in [5, 5.41) is 9.63. The lowest BCUT2D eigenvalue weighted by molar-refractivity contribution is 0.477.